The maximum absolute atomic E-state index is 5.79. The number of benzene rings is 1. The summed E-state index contributed by atoms with van der Waals surface area (Å²) in [7, 11) is 2.30. The molecule has 1 aromatic carbocycles. The smallest absolute Gasteiger partial charge is 0.173 e. The van der Waals surface area contributed by atoms with Crippen molar-refractivity contribution in [3.05, 3.63) is 52.2 Å². The molecule has 0 bridgehead atoms. The maximum atomic E-state index is 5.79. The van der Waals surface area contributed by atoms with Gasteiger partial charge in [-0.15, -0.1) is 11.3 Å². The number of rotatable bonds is 8. The topological polar surface area (TPSA) is 24.2 Å². The highest BCUT2D eigenvalue weighted by molar-refractivity contribution is 7.80. The molecule has 3 rings (SSSR count). The number of thiophene rings is 1. The van der Waals surface area contributed by atoms with Gasteiger partial charge in [0.1, 0.15) is 26.2 Å². The summed E-state index contributed by atoms with van der Waals surface area (Å²) < 4.78 is 0. The van der Waals surface area contributed by atoms with Crippen molar-refractivity contribution >= 4 is 34.4 Å². The molecule has 6 heteroatoms. The minimum Gasteiger partial charge on any atom is -0.344 e. The molecule has 0 atom stereocenters. The number of thiocarbonyl (C=S) groups is 1. The van der Waals surface area contributed by atoms with E-state index in [2.05, 4.69) is 66.0 Å². The van der Waals surface area contributed by atoms with Gasteiger partial charge in [-0.3, -0.25) is 0 Å². The molecule has 4 nitrogen and oxygen atoms in total. The van der Waals surface area contributed by atoms with Gasteiger partial charge in [0.15, 0.2) is 5.11 Å². The number of likely N-dealkylation sites (N-methyl/N-ethyl adjacent to an activating group) is 1. The summed E-state index contributed by atoms with van der Waals surface area (Å²) in [6.07, 6.45) is 2.24. The molecule has 0 spiro atoms. The standard InChI is InChI=1S/C22H32N4S2/c1-3-19-7-9-20(10-8-19)23-22(27)26(18-21-6-4-17-28-21)12-5-11-25-15-13-24(2)14-16-25/h4,6-10,17H,3,5,11-16,18H2,1-2H3,(H,23,27)/p+2. The first-order valence-electron chi connectivity index (χ1n) is 10.5. The Balaban J connectivity index is 1.55. The molecule has 2 aromatic rings. The number of aryl methyl sites for hydroxylation is 1. The van der Waals surface area contributed by atoms with Crippen LogP contribution in [0.1, 0.15) is 23.8 Å². The molecule has 1 aromatic heterocycles. The molecule has 1 fully saturated rings. The van der Waals surface area contributed by atoms with Crippen LogP contribution in [0, 0.1) is 0 Å². The lowest BCUT2D eigenvalue weighted by Gasteiger charge is -2.29. The lowest BCUT2D eigenvalue weighted by atomic mass is 10.1. The van der Waals surface area contributed by atoms with Gasteiger partial charge in [-0.2, -0.15) is 0 Å². The highest BCUT2D eigenvalue weighted by Crippen LogP contribution is 2.15. The fourth-order valence-electron chi connectivity index (χ4n) is 3.67. The van der Waals surface area contributed by atoms with Crippen LogP contribution in [0.3, 0.4) is 0 Å². The maximum Gasteiger partial charge on any atom is 0.173 e. The van der Waals surface area contributed by atoms with Crippen molar-refractivity contribution in [3.63, 3.8) is 0 Å². The molecule has 3 N–H and O–H groups in total. The summed E-state index contributed by atoms with van der Waals surface area (Å²) in [6, 6.07) is 12.9. The first kappa shape index (κ1) is 21.2. The van der Waals surface area contributed by atoms with Gasteiger partial charge in [-0.05, 0) is 47.8 Å². The average Bonchev–Trinajstić information content (AvgIpc) is 3.22. The van der Waals surface area contributed by atoms with Crippen LogP contribution in [0.2, 0.25) is 0 Å². The van der Waals surface area contributed by atoms with E-state index < -0.39 is 0 Å². The summed E-state index contributed by atoms with van der Waals surface area (Å²) in [4.78, 5) is 7.11. The van der Waals surface area contributed by atoms with Crippen LogP contribution in [-0.4, -0.2) is 56.3 Å². The Hall–Kier alpha value is -1.47. The third kappa shape index (κ3) is 6.55. The Morgan fingerprint density at radius 3 is 2.54 bits per heavy atom. The highest BCUT2D eigenvalue weighted by Gasteiger charge is 2.20. The largest absolute Gasteiger partial charge is 0.344 e. The molecule has 0 unspecified atom stereocenters. The predicted molar refractivity (Wildman–Crippen MR) is 124 cm³/mol. The van der Waals surface area contributed by atoms with E-state index in [1.165, 1.54) is 49.6 Å². The zero-order valence-electron chi connectivity index (χ0n) is 17.2. The SMILES string of the molecule is CCc1ccc(NC(=S)N(CCC[NH+]2CC[NH+](C)CC2)Cc2cccs2)cc1. The average molecular weight is 419 g/mol. The zero-order chi connectivity index (χ0) is 19.8. The van der Waals surface area contributed by atoms with Crippen molar-refractivity contribution in [1.82, 2.24) is 4.90 Å². The molecular formula is C22H34N4S2+2. The summed E-state index contributed by atoms with van der Waals surface area (Å²) >= 11 is 7.59. The van der Waals surface area contributed by atoms with E-state index in [-0.39, 0.29) is 0 Å². The van der Waals surface area contributed by atoms with E-state index >= 15 is 0 Å². The quantitative estimate of drug-likeness (QED) is 0.564. The van der Waals surface area contributed by atoms with Gasteiger partial charge < -0.3 is 20.0 Å². The highest BCUT2D eigenvalue weighted by atomic mass is 32.1. The second-order valence-electron chi connectivity index (χ2n) is 7.79. The number of piperazine rings is 1. The van der Waals surface area contributed by atoms with Gasteiger partial charge in [0.05, 0.1) is 20.1 Å². The van der Waals surface area contributed by atoms with Crippen molar-refractivity contribution in [2.75, 3.05) is 51.6 Å². The minimum absolute atomic E-state index is 0.829. The third-order valence-electron chi connectivity index (χ3n) is 5.60. The second-order valence-corrected chi connectivity index (χ2v) is 9.21. The first-order valence-corrected chi connectivity index (χ1v) is 11.7. The zero-order valence-corrected chi connectivity index (χ0v) is 18.8. The van der Waals surface area contributed by atoms with Gasteiger partial charge >= 0.3 is 0 Å². The fourth-order valence-corrected chi connectivity index (χ4v) is 4.66. The fraction of sp³-hybridized carbons (Fsp3) is 0.500. The molecule has 1 saturated heterocycles. The molecule has 28 heavy (non-hydrogen) atoms. The lowest BCUT2D eigenvalue weighted by molar-refractivity contribution is -1.00. The molecule has 2 heterocycles. The molecule has 0 amide bonds. The van der Waals surface area contributed by atoms with Crippen molar-refractivity contribution in [2.24, 2.45) is 0 Å². The van der Waals surface area contributed by atoms with Gasteiger partial charge in [-0.25, -0.2) is 0 Å². The van der Waals surface area contributed by atoms with Crippen molar-refractivity contribution < 1.29 is 9.80 Å². The summed E-state index contributed by atoms with van der Waals surface area (Å²) in [5, 5.41) is 6.42. The second kappa shape index (κ2) is 10.9. The van der Waals surface area contributed by atoms with Gasteiger partial charge in [0.2, 0.25) is 0 Å². The van der Waals surface area contributed by atoms with Crippen LogP contribution in [0.15, 0.2) is 41.8 Å². The molecular weight excluding hydrogens is 384 g/mol. The Labute approximate surface area is 179 Å². The number of anilines is 1. The van der Waals surface area contributed by atoms with Crippen LogP contribution in [0.4, 0.5) is 5.69 Å². The normalized spacial score (nSPS) is 19.4. The molecule has 152 valence electrons. The minimum atomic E-state index is 0.829. The van der Waals surface area contributed by atoms with E-state index in [9.17, 15) is 0 Å². The summed E-state index contributed by atoms with van der Waals surface area (Å²) in [6.45, 7) is 10.5. The van der Waals surface area contributed by atoms with Gasteiger partial charge in [-0.1, -0.05) is 25.1 Å². The van der Waals surface area contributed by atoms with Crippen LogP contribution in [0.25, 0.3) is 0 Å². The number of hydrogen-bond acceptors (Lipinski definition) is 2. The number of hydrogen-bond donors (Lipinski definition) is 3. The molecule has 0 saturated carbocycles. The Bertz CT molecular complexity index is 707. The first-order chi connectivity index (χ1) is 13.6. The molecule has 0 radical (unpaired) electrons. The van der Waals surface area contributed by atoms with E-state index in [1.807, 2.05) is 0 Å². The third-order valence-corrected chi connectivity index (χ3v) is 6.82. The number of nitrogens with zero attached hydrogens (tertiary/aromatic N) is 1. The number of quaternary nitrogens is 2. The van der Waals surface area contributed by atoms with Gasteiger partial charge in [0.25, 0.3) is 0 Å². The van der Waals surface area contributed by atoms with E-state index in [0.717, 1.165) is 30.3 Å². The Morgan fingerprint density at radius 1 is 1.14 bits per heavy atom. The van der Waals surface area contributed by atoms with Crippen LogP contribution in [0.5, 0.6) is 0 Å². The van der Waals surface area contributed by atoms with Crippen molar-refractivity contribution in [2.45, 2.75) is 26.3 Å². The Morgan fingerprint density at radius 2 is 1.89 bits per heavy atom. The van der Waals surface area contributed by atoms with Crippen LogP contribution >= 0.6 is 23.6 Å². The summed E-state index contributed by atoms with van der Waals surface area (Å²) in [5.74, 6) is 0. The van der Waals surface area contributed by atoms with Crippen LogP contribution < -0.4 is 15.1 Å². The van der Waals surface area contributed by atoms with Crippen molar-refractivity contribution in [3.8, 4) is 0 Å². The predicted octanol–water partition coefficient (Wildman–Crippen LogP) is 1.31. The summed E-state index contributed by atoms with van der Waals surface area (Å²) in [5.41, 5.74) is 2.43. The van der Waals surface area contributed by atoms with E-state index in [0.29, 0.717) is 0 Å². The monoisotopic (exact) mass is 418 g/mol. The molecule has 1 aliphatic heterocycles. The van der Waals surface area contributed by atoms with Crippen molar-refractivity contribution in [1.29, 1.82) is 0 Å². The van der Waals surface area contributed by atoms with Gasteiger partial charge in [0, 0.05) is 23.5 Å². The number of nitrogens with one attached hydrogen (secondary N) is 3. The molecule has 0 aliphatic carbocycles. The van der Waals surface area contributed by atoms with E-state index in [4.69, 9.17) is 12.2 Å². The van der Waals surface area contributed by atoms with E-state index in [1.54, 1.807) is 21.1 Å². The van der Waals surface area contributed by atoms with Crippen LogP contribution in [-0.2, 0) is 13.0 Å². The Kier molecular flexibility index (Phi) is 8.27. The lowest BCUT2D eigenvalue weighted by Crippen LogP contribution is -3.27. The molecule has 1 aliphatic rings.